The first-order valence-corrected chi connectivity index (χ1v) is 4.81. The predicted octanol–water partition coefficient (Wildman–Crippen LogP) is 1.43. The minimum absolute atomic E-state index is 0.202. The zero-order chi connectivity index (χ0) is 10.9. The van der Waals surface area contributed by atoms with Crippen LogP contribution in [0.3, 0.4) is 0 Å². The van der Waals surface area contributed by atoms with Gasteiger partial charge in [0.1, 0.15) is 18.1 Å². The summed E-state index contributed by atoms with van der Waals surface area (Å²) in [6, 6.07) is 6.68. The molecule has 0 aromatic heterocycles. The van der Waals surface area contributed by atoms with E-state index >= 15 is 0 Å². The second-order valence-electron chi connectivity index (χ2n) is 2.95. The molecular formula is C11H16O4. The molecule has 84 valence electrons. The molecule has 0 aliphatic carbocycles. The van der Waals surface area contributed by atoms with Crippen LogP contribution in [0.2, 0.25) is 0 Å². The number of aromatic hydroxyl groups is 1. The molecule has 4 heteroatoms. The van der Waals surface area contributed by atoms with Gasteiger partial charge in [0, 0.05) is 13.2 Å². The average molecular weight is 212 g/mol. The Morgan fingerprint density at radius 2 is 1.93 bits per heavy atom. The summed E-state index contributed by atoms with van der Waals surface area (Å²) < 4.78 is 15.4. The number of methoxy groups -OCH3 is 1. The lowest BCUT2D eigenvalue weighted by Gasteiger charge is -2.06. The maximum Gasteiger partial charge on any atom is 0.123 e. The molecule has 0 heterocycles. The standard InChI is InChI=1S/C11H16O4/c1-13-5-6-14-7-8-15-11-4-2-3-10(12)9-11/h2-4,9,12H,5-8H2,1H3. The van der Waals surface area contributed by atoms with E-state index in [0.717, 1.165) is 0 Å². The van der Waals surface area contributed by atoms with Crippen molar-refractivity contribution in [3.8, 4) is 11.5 Å². The summed E-state index contributed by atoms with van der Waals surface area (Å²) in [6.07, 6.45) is 0. The van der Waals surface area contributed by atoms with Crippen LogP contribution in [0.25, 0.3) is 0 Å². The molecule has 0 aliphatic heterocycles. The molecular weight excluding hydrogens is 196 g/mol. The molecule has 0 amide bonds. The van der Waals surface area contributed by atoms with E-state index in [0.29, 0.717) is 32.2 Å². The summed E-state index contributed by atoms with van der Waals surface area (Å²) in [5.74, 6) is 0.846. The van der Waals surface area contributed by atoms with Gasteiger partial charge in [-0.05, 0) is 12.1 Å². The summed E-state index contributed by atoms with van der Waals surface area (Å²) in [6.45, 7) is 2.14. The van der Waals surface area contributed by atoms with E-state index < -0.39 is 0 Å². The highest BCUT2D eigenvalue weighted by molar-refractivity contribution is 5.31. The first-order chi connectivity index (χ1) is 7.33. The van der Waals surface area contributed by atoms with E-state index in [1.807, 2.05) is 0 Å². The molecule has 0 spiro atoms. The van der Waals surface area contributed by atoms with E-state index in [4.69, 9.17) is 19.3 Å². The van der Waals surface area contributed by atoms with Crippen molar-refractivity contribution in [2.75, 3.05) is 33.5 Å². The fourth-order valence-electron chi connectivity index (χ4n) is 1.04. The largest absolute Gasteiger partial charge is 0.508 e. The molecule has 0 saturated carbocycles. The SMILES string of the molecule is COCCOCCOc1cccc(O)c1. The van der Waals surface area contributed by atoms with Crippen LogP contribution in [-0.4, -0.2) is 38.6 Å². The summed E-state index contributed by atoms with van der Waals surface area (Å²) in [7, 11) is 1.63. The van der Waals surface area contributed by atoms with Crippen molar-refractivity contribution in [3.63, 3.8) is 0 Å². The Balaban J connectivity index is 2.10. The number of phenols is 1. The minimum atomic E-state index is 0.202. The minimum Gasteiger partial charge on any atom is -0.508 e. The molecule has 0 bridgehead atoms. The van der Waals surface area contributed by atoms with E-state index in [2.05, 4.69) is 0 Å². The Bertz CT molecular complexity index is 275. The third-order valence-electron chi connectivity index (χ3n) is 1.75. The number of hydrogen-bond acceptors (Lipinski definition) is 4. The van der Waals surface area contributed by atoms with Crippen LogP contribution in [0.5, 0.6) is 11.5 Å². The molecule has 0 fully saturated rings. The van der Waals surface area contributed by atoms with Gasteiger partial charge in [0.2, 0.25) is 0 Å². The molecule has 1 aromatic rings. The molecule has 0 saturated heterocycles. The van der Waals surface area contributed by atoms with Crippen LogP contribution in [-0.2, 0) is 9.47 Å². The monoisotopic (exact) mass is 212 g/mol. The van der Waals surface area contributed by atoms with Crippen molar-refractivity contribution >= 4 is 0 Å². The van der Waals surface area contributed by atoms with Gasteiger partial charge in [-0.3, -0.25) is 0 Å². The van der Waals surface area contributed by atoms with E-state index in [9.17, 15) is 0 Å². The Labute approximate surface area is 89.4 Å². The van der Waals surface area contributed by atoms with Gasteiger partial charge in [0.05, 0.1) is 19.8 Å². The number of ether oxygens (including phenoxy) is 3. The van der Waals surface area contributed by atoms with Crippen LogP contribution >= 0.6 is 0 Å². The van der Waals surface area contributed by atoms with Crippen LogP contribution < -0.4 is 4.74 Å². The Kier molecular flexibility index (Phi) is 5.58. The Morgan fingerprint density at radius 1 is 1.13 bits per heavy atom. The van der Waals surface area contributed by atoms with Crippen molar-refractivity contribution in [2.24, 2.45) is 0 Å². The molecule has 0 radical (unpaired) electrons. The highest BCUT2D eigenvalue weighted by Gasteiger charge is 1.94. The second-order valence-corrected chi connectivity index (χ2v) is 2.95. The van der Waals surface area contributed by atoms with Gasteiger partial charge in [-0.1, -0.05) is 6.07 Å². The van der Waals surface area contributed by atoms with Gasteiger partial charge < -0.3 is 19.3 Å². The number of hydrogen-bond donors (Lipinski definition) is 1. The Morgan fingerprint density at radius 3 is 2.67 bits per heavy atom. The lowest BCUT2D eigenvalue weighted by atomic mass is 10.3. The number of benzene rings is 1. The van der Waals surface area contributed by atoms with Crippen LogP contribution in [0, 0.1) is 0 Å². The van der Waals surface area contributed by atoms with Crippen molar-refractivity contribution < 1.29 is 19.3 Å². The maximum absolute atomic E-state index is 9.16. The van der Waals surface area contributed by atoms with Crippen LogP contribution in [0.15, 0.2) is 24.3 Å². The van der Waals surface area contributed by atoms with Crippen molar-refractivity contribution in [3.05, 3.63) is 24.3 Å². The predicted molar refractivity (Wildman–Crippen MR) is 56.3 cm³/mol. The van der Waals surface area contributed by atoms with Gasteiger partial charge in [-0.2, -0.15) is 0 Å². The Hall–Kier alpha value is -1.26. The van der Waals surface area contributed by atoms with Crippen molar-refractivity contribution in [2.45, 2.75) is 0 Å². The average Bonchev–Trinajstić information content (AvgIpc) is 2.23. The quantitative estimate of drug-likeness (QED) is 0.695. The van der Waals surface area contributed by atoms with E-state index in [-0.39, 0.29) is 5.75 Å². The molecule has 15 heavy (non-hydrogen) atoms. The third kappa shape index (κ3) is 5.24. The highest BCUT2D eigenvalue weighted by atomic mass is 16.5. The third-order valence-corrected chi connectivity index (χ3v) is 1.75. The normalized spacial score (nSPS) is 10.2. The second kappa shape index (κ2) is 7.09. The summed E-state index contributed by atoms with van der Waals surface area (Å²) in [4.78, 5) is 0. The first-order valence-electron chi connectivity index (χ1n) is 4.81. The molecule has 0 unspecified atom stereocenters. The molecule has 0 aliphatic rings. The number of rotatable bonds is 7. The molecule has 1 N–H and O–H groups in total. The van der Waals surface area contributed by atoms with Gasteiger partial charge in [-0.25, -0.2) is 0 Å². The number of phenolic OH excluding ortho intramolecular Hbond substituents is 1. The smallest absolute Gasteiger partial charge is 0.123 e. The first kappa shape index (κ1) is 11.8. The van der Waals surface area contributed by atoms with Gasteiger partial charge in [0.15, 0.2) is 0 Å². The van der Waals surface area contributed by atoms with Crippen LogP contribution in [0.4, 0.5) is 0 Å². The maximum atomic E-state index is 9.16. The summed E-state index contributed by atoms with van der Waals surface area (Å²) >= 11 is 0. The molecule has 1 rings (SSSR count). The fourth-order valence-corrected chi connectivity index (χ4v) is 1.04. The molecule has 1 aromatic carbocycles. The summed E-state index contributed by atoms with van der Waals surface area (Å²) in [5, 5.41) is 9.16. The fraction of sp³-hybridized carbons (Fsp3) is 0.455. The van der Waals surface area contributed by atoms with Gasteiger partial charge >= 0.3 is 0 Å². The molecule has 4 nitrogen and oxygen atoms in total. The van der Waals surface area contributed by atoms with Gasteiger partial charge in [-0.15, -0.1) is 0 Å². The van der Waals surface area contributed by atoms with E-state index in [1.165, 1.54) is 0 Å². The highest BCUT2D eigenvalue weighted by Crippen LogP contribution is 2.17. The lowest BCUT2D eigenvalue weighted by molar-refractivity contribution is 0.0544. The van der Waals surface area contributed by atoms with Crippen molar-refractivity contribution in [1.29, 1.82) is 0 Å². The zero-order valence-corrected chi connectivity index (χ0v) is 8.81. The van der Waals surface area contributed by atoms with E-state index in [1.54, 1.807) is 31.4 Å². The topological polar surface area (TPSA) is 47.9 Å². The van der Waals surface area contributed by atoms with Crippen molar-refractivity contribution in [1.82, 2.24) is 0 Å². The lowest BCUT2D eigenvalue weighted by Crippen LogP contribution is -2.09. The molecule has 0 atom stereocenters. The van der Waals surface area contributed by atoms with Gasteiger partial charge in [0.25, 0.3) is 0 Å². The zero-order valence-electron chi connectivity index (χ0n) is 8.81. The summed E-state index contributed by atoms with van der Waals surface area (Å²) in [5.41, 5.74) is 0. The van der Waals surface area contributed by atoms with Crippen LogP contribution in [0.1, 0.15) is 0 Å².